The van der Waals surface area contributed by atoms with Gasteiger partial charge in [0, 0.05) is 20.1 Å². The van der Waals surface area contributed by atoms with E-state index in [9.17, 15) is 14.7 Å². The first-order valence-corrected chi connectivity index (χ1v) is 6.08. The van der Waals surface area contributed by atoms with Gasteiger partial charge in [0.2, 0.25) is 5.91 Å². The van der Waals surface area contributed by atoms with Gasteiger partial charge in [-0.2, -0.15) is 0 Å². The molecule has 1 aromatic carbocycles. The Morgan fingerprint density at radius 2 is 2.32 bits per heavy atom. The highest BCUT2D eigenvalue weighted by Gasteiger charge is 2.42. The first kappa shape index (κ1) is 12.0. The van der Waals surface area contributed by atoms with Crippen LogP contribution in [0, 0.1) is 0 Å². The van der Waals surface area contributed by atoms with Crippen LogP contribution in [0.25, 0.3) is 0 Å². The first-order valence-electron chi connectivity index (χ1n) is 6.08. The van der Waals surface area contributed by atoms with Crippen molar-refractivity contribution in [3.63, 3.8) is 0 Å². The number of anilines is 2. The average Bonchev–Trinajstić information content (AvgIpc) is 2.82. The van der Waals surface area contributed by atoms with Gasteiger partial charge in [-0.15, -0.1) is 0 Å². The molecule has 0 aromatic heterocycles. The van der Waals surface area contributed by atoms with E-state index in [1.54, 1.807) is 25.3 Å². The smallest absolute Gasteiger partial charge is 0.337 e. The Kier molecular flexibility index (Phi) is 2.67. The third kappa shape index (κ3) is 1.76. The Morgan fingerprint density at radius 1 is 1.53 bits per heavy atom. The molecule has 1 saturated heterocycles. The topological polar surface area (TPSA) is 78.9 Å². The highest BCUT2D eigenvalue weighted by atomic mass is 16.5. The van der Waals surface area contributed by atoms with Gasteiger partial charge < -0.3 is 20.1 Å². The summed E-state index contributed by atoms with van der Waals surface area (Å²) in [6.45, 7) is 0.534. The third-order valence-electron chi connectivity index (χ3n) is 3.71. The van der Waals surface area contributed by atoms with Crippen molar-refractivity contribution in [3.05, 3.63) is 23.8 Å². The van der Waals surface area contributed by atoms with Gasteiger partial charge in [0.1, 0.15) is 6.04 Å². The Labute approximate surface area is 110 Å². The predicted octanol–water partition coefficient (Wildman–Crippen LogP) is 0.931. The normalized spacial score (nSPS) is 24.7. The van der Waals surface area contributed by atoms with Crippen molar-refractivity contribution >= 4 is 23.3 Å². The van der Waals surface area contributed by atoms with Crippen LogP contribution in [0.3, 0.4) is 0 Å². The van der Waals surface area contributed by atoms with E-state index in [-0.39, 0.29) is 23.6 Å². The van der Waals surface area contributed by atoms with Crippen molar-refractivity contribution in [3.8, 4) is 0 Å². The lowest BCUT2D eigenvalue weighted by Crippen LogP contribution is -2.44. The molecule has 2 unspecified atom stereocenters. The molecule has 2 atom stereocenters. The highest BCUT2D eigenvalue weighted by molar-refractivity contribution is 6.09. The number of nitrogens with zero attached hydrogens (tertiary/aromatic N) is 1. The summed E-state index contributed by atoms with van der Waals surface area (Å²) in [6.07, 6.45) is 0.527. The minimum absolute atomic E-state index is 0.0523. The van der Waals surface area contributed by atoms with E-state index in [2.05, 4.69) is 5.32 Å². The molecule has 2 aliphatic heterocycles. The molecule has 2 aliphatic rings. The fourth-order valence-corrected chi connectivity index (χ4v) is 2.81. The number of carboxylic acid groups (broad SMARTS) is 1. The van der Waals surface area contributed by atoms with Crippen molar-refractivity contribution in [2.45, 2.75) is 18.6 Å². The largest absolute Gasteiger partial charge is 0.478 e. The summed E-state index contributed by atoms with van der Waals surface area (Å²) in [4.78, 5) is 25.2. The summed E-state index contributed by atoms with van der Waals surface area (Å²) >= 11 is 0. The number of rotatable bonds is 2. The van der Waals surface area contributed by atoms with Crippen molar-refractivity contribution < 1.29 is 19.4 Å². The molecule has 0 spiro atoms. The molecular weight excluding hydrogens is 248 g/mol. The first-order chi connectivity index (χ1) is 9.11. The molecule has 1 fully saturated rings. The van der Waals surface area contributed by atoms with E-state index in [1.807, 2.05) is 4.90 Å². The summed E-state index contributed by atoms with van der Waals surface area (Å²) in [5.74, 6) is -1.10. The maximum Gasteiger partial charge on any atom is 0.337 e. The number of carbonyl (C=O) groups is 2. The van der Waals surface area contributed by atoms with Gasteiger partial charge in [-0.25, -0.2) is 4.79 Å². The maximum absolute atomic E-state index is 12.0. The molecule has 1 aromatic rings. The van der Waals surface area contributed by atoms with E-state index < -0.39 is 5.97 Å². The summed E-state index contributed by atoms with van der Waals surface area (Å²) in [7, 11) is 1.60. The van der Waals surface area contributed by atoms with Crippen LogP contribution in [0.5, 0.6) is 0 Å². The number of hydrogen-bond acceptors (Lipinski definition) is 4. The summed E-state index contributed by atoms with van der Waals surface area (Å²) < 4.78 is 5.30. The molecular formula is C13H14N2O4. The maximum atomic E-state index is 12.0. The minimum atomic E-state index is -0.993. The second kappa shape index (κ2) is 4.24. The lowest BCUT2D eigenvalue weighted by Gasteiger charge is -2.33. The molecule has 100 valence electrons. The fourth-order valence-electron chi connectivity index (χ4n) is 2.81. The molecule has 3 rings (SSSR count). The van der Waals surface area contributed by atoms with E-state index >= 15 is 0 Å². The standard InChI is InChI=1S/C13H14N2O4/c1-19-7-5-10-12(16)14-9-4-2-3-8(13(17)18)11(9)15(10)6-7/h2-4,7,10H,5-6H2,1H3,(H,14,16)(H,17,18). The number of benzene rings is 1. The second-order valence-corrected chi connectivity index (χ2v) is 4.76. The van der Waals surface area contributed by atoms with Gasteiger partial charge in [0.25, 0.3) is 0 Å². The van der Waals surface area contributed by atoms with E-state index in [4.69, 9.17) is 4.74 Å². The summed E-state index contributed by atoms with van der Waals surface area (Å²) in [6, 6.07) is 4.55. The number of hydrogen-bond donors (Lipinski definition) is 2. The van der Waals surface area contributed by atoms with E-state index in [0.717, 1.165) is 0 Å². The zero-order valence-corrected chi connectivity index (χ0v) is 10.4. The summed E-state index contributed by atoms with van der Waals surface area (Å²) in [5.41, 5.74) is 1.34. The zero-order chi connectivity index (χ0) is 13.6. The predicted molar refractivity (Wildman–Crippen MR) is 68.6 cm³/mol. The van der Waals surface area contributed by atoms with Crippen LogP contribution >= 0.6 is 0 Å². The number of aromatic carboxylic acids is 1. The molecule has 2 heterocycles. The molecule has 1 amide bonds. The SMILES string of the molecule is COC1CC2C(=O)Nc3cccc(C(=O)O)c3N2C1. The minimum Gasteiger partial charge on any atom is -0.478 e. The molecule has 6 heteroatoms. The molecule has 0 aliphatic carbocycles. The van der Waals surface area contributed by atoms with Crippen molar-refractivity contribution in [2.75, 3.05) is 23.9 Å². The zero-order valence-electron chi connectivity index (χ0n) is 10.4. The lowest BCUT2D eigenvalue weighted by molar-refractivity contribution is -0.117. The van der Waals surface area contributed by atoms with Gasteiger partial charge in [0.05, 0.1) is 23.0 Å². The Morgan fingerprint density at radius 3 is 3.00 bits per heavy atom. The Bertz CT molecular complexity index is 558. The van der Waals surface area contributed by atoms with Gasteiger partial charge in [0.15, 0.2) is 0 Å². The van der Waals surface area contributed by atoms with Crippen LogP contribution in [-0.4, -0.2) is 42.8 Å². The van der Waals surface area contributed by atoms with Crippen LogP contribution < -0.4 is 10.2 Å². The van der Waals surface area contributed by atoms with Crippen LogP contribution in [-0.2, 0) is 9.53 Å². The molecule has 0 radical (unpaired) electrons. The quantitative estimate of drug-likeness (QED) is 0.829. The number of para-hydroxylation sites is 1. The van der Waals surface area contributed by atoms with Gasteiger partial charge >= 0.3 is 5.97 Å². The number of methoxy groups -OCH3 is 1. The number of carbonyl (C=O) groups excluding carboxylic acids is 1. The van der Waals surface area contributed by atoms with Crippen molar-refractivity contribution in [1.82, 2.24) is 0 Å². The number of carboxylic acids is 1. The molecule has 2 N–H and O–H groups in total. The molecule has 6 nitrogen and oxygen atoms in total. The van der Waals surface area contributed by atoms with Crippen molar-refractivity contribution in [2.24, 2.45) is 0 Å². The highest BCUT2D eigenvalue weighted by Crippen LogP contribution is 2.39. The third-order valence-corrected chi connectivity index (χ3v) is 3.71. The Balaban J connectivity index is 2.11. The van der Waals surface area contributed by atoms with E-state index in [0.29, 0.717) is 24.3 Å². The molecule has 0 bridgehead atoms. The monoisotopic (exact) mass is 262 g/mol. The van der Waals surface area contributed by atoms with Gasteiger partial charge in [-0.3, -0.25) is 4.79 Å². The average molecular weight is 262 g/mol. The molecule has 19 heavy (non-hydrogen) atoms. The van der Waals surface area contributed by atoms with Crippen LogP contribution in [0.1, 0.15) is 16.8 Å². The Hall–Kier alpha value is -2.08. The van der Waals surface area contributed by atoms with Gasteiger partial charge in [-0.1, -0.05) is 6.07 Å². The fraction of sp³-hybridized carbons (Fsp3) is 0.385. The summed E-state index contributed by atoms with van der Waals surface area (Å²) in [5, 5.41) is 12.1. The van der Waals surface area contributed by atoms with Crippen LogP contribution in [0.2, 0.25) is 0 Å². The van der Waals surface area contributed by atoms with E-state index in [1.165, 1.54) is 0 Å². The second-order valence-electron chi connectivity index (χ2n) is 4.76. The van der Waals surface area contributed by atoms with Crippen molar-refractivity contribution in [1.29, 1.82) is 0 Å². The number of amides is 1. The number of ether oxygens (including phenoxy) is 1. The van der Waals surface area contributed by atoms with Crippen LogP contribution in [0.4, 0.5) is 11.4 Å². The van der Waals surface area contributed by atoms with Crippen LogP contribution in [0.15, 0.2) is 18.2 Å². The number of fused-ring (bicyclic) bond motifs is 3. The lowest BCUT2D eigenvalue weighted by atomic mass is 10.0. The molecule has 0 saturated carbocycles. The van der Waals surface area contributed by atoms with Gasteiger partial charge in [-0.05, 0) is 12.1 Å². The number of nitrogens with one attached hydrogen (secondary N) is 1.